The Morgan fingerprint density at radius 2 is 1.72 bits per heavy atom. The molecule has 0 amide bonds. The lowest BCUT2D eigenvalue weighted by Gasteiger charge is -2.07. The maximum atomic E-state index is 4.38. The molecule has 18 heavy (non-hydrogen) atoms. The summed E-state index contributed by atoms with van der Waals surface area (Å²) in [7, 11) is 0. The molecular weight excluding hydrogens is 222 g/mol. The number of aromatic nitrogens is 2. The fourth-order valence-corrected chi connectivity index (χ4v) is 2.07. The van der Waals surface area contributed by atoms with Crippen LogP contribution in [-0.4, -0.2) is 16.1 Å². The van der Waals surface area contributed by atoms with Gasteiger partial charge in [-0.2, -0.15) is 0 Å². The Bertz CT molecular complexity index is 628. The van der Waals surface area contributed by atoms with Gasteiger partial charge in [0.1, 0.15) is 0 Å². The van der Waals surface area contributed by atoms with Crippen molar-refractivity contribution in [2.75, 3.05) is 11.9 Å². The first-order valence-electron chi connectivity index (χ1n) is 6.12. The fourth-order valence-electron chi connectivity index (χ4n) is 2.07. The lowest BCUT2D eigenvalue weighted by molar-refractivity contribution is 0.749. The first-order chi connectivity index (χ1) is 8.93. The van der Waals surface area contributed by atoms with Gasteiger partial charge in [0.15, 0.2) is 0 Å². The number of rotatable bonds is 4. The Kier molecular flexibility index (Phi) is 2.96. The molecule has 0 saturated heterocycles. The van der Waals surface area contributed by atoms with Gasteiger partial charge in [0.05, 0.1) is 17.4 Å². The predicted molar refractivity (Wildman–Crippen MR) is 74.7 cm³/mol. The molecule has 3 heteroatoms. The van der Waals surface area contributed by atoms with Gasteiger partial charge >= 0.3 is 0 Å². The van der Waals surface area contributed by atoms with Gasteiger partial charge in [-0.1, -0.05) is 30.3 Å². The Morgan fingerprint density at radius 3 is 2.61 bits per heavy atom. The van der Waals surface area contributed by atoms with E-state index in [9.17, 15) is 0 Å². The van der Waals surface area contributed by atoms with Crippen LogP contribution in [0.5, 0.6) is 0 Å². The standard InChI is InChI=1S/C15H15N3/c1-2-6-13(7-3-1)16-10-11-18-12-17-14-8-4-5-9-15(14)18/h1-9,12,16H,10-11H2. The van der Waals surface area contributed by atoms with Crippen LogP contribution in [0, 0.1) is 0 Å². The Hall–Kier alpha value is -2.29. The zero-order chi connectivity index (χ0) is 12.2. The molecule has 2 aromatic carbocycles. The predicted octanol–water partition coefficient (Wildman–Crippen LogP) is 3.15. The second-order valence-electron chi connectivity index (χ2n) is 4.22. The number of benzene rings is 2. The van der Waals surface area contributed by atoms with E-state index in [2.05, 4.69) is 33.1 Å². The minimum Gasteiger partial charge on any atom is -0.383 e. The molecule has 0 atom stereocenters. The summed E-state index contributed by atoms with van der Waals surface area (Å²) in [5.41, 5.74) is 3.39. The minimum atomic E-state index is 0.893. The quantitative estimate of drug-likeness (QED) is 0.755. The molecule has 0 bridgehead atoms. The van der Waals surface area contributed by atoms with Crippen LogP contribution in [0.3, 0.4) is 0 Å². The molecule has 3 aromatic rings. The van der Waals surface area contributed by atoms with Gasteiger partial charge in [0.2, 0.25) is 0 Å². The van der Waals surface area contributed by atoms with E-state index in [0.717, 1.165) is 24.3 Å². The van der Waals surface area contributed by atoms with Gasteiger partial charge in [-0.15, -0.1) is 0 Å². The van der Waals surface area contributed by atoms with Crippen LogP contribution in [0.2, 0.25) is 0 Å². The smallest absolute Gasteiger partial charge is 0.0958 e. The highest BCUT2D eigenvalue weighted by molar-refractivity contribution is 5.74. The number of anilines is 1. The van der Waals surface area contributed by atoms with E-state index in [1.165, 1.54) is 5.52 Å². The number of nitrogens with one attached hydrogen (secondary N) is 1. The van der Waals surface area contributed by atoms with Crippen molar-refractivity contribution in [1.29, 1.82) is 0 Å². The van der Waals surface area contributed by atoms with E-state index in [1.54, 1.807) is 0 Å². The number of fused-ring (bicyclic) bond motifs is 1. The van der Waals surface area contributed by atoms with Crippen molar-refractivity contribution in [2.24, 2.45) is 0 Å². The highest BCUT2D eigenvalue weighted by atomic mass is 15.1. The molecule has 0 fully saturated rings. The minimum absolute atomic E-state index is 0.893. The van der Waals surface area contributed by atoms with Crippen LogP contribution >= 0.6 is 0 Å². The van der Waals surface area contributed by atoms with Crippen molar-refractivity contribution in [3.63, 3.8) is 0 Å². The normalized spacial score (nSPS) is 10.7. The van der Waals surface area contributed by atoms with Crippen molar-refractivity contribution >= 4 is 16.7 Å². The van der Waals surface area contributed by atoms with E-state index in [-0.39, 0.29) is 0 Å². The van der Waals surface area contributed by atoms with Gasteiger partial charge in [-0.05, 0) is 24.3 Å². The topological polar surface area (TPSA) is 29.9 Å². The highest BCUT2D eigenvalue weighted by Crippen LogP contribution is 2.11. The maximum Gasteiger partial charge on any atom is 0.0958 e. The molecule has 0 aliphatic carbocycles. The molecule has 1 N–H and O–H groups in total. The number of nitrogens with zero attached hydrogens (tertiary/aromatic N) is 2. The van der Waals surface area contributed by atoms with Crippen LogP contribution < -0.4 is 5.32 Å². The van der Waals surface area contributed by atoms with Crippen molar-refractivity contribution in [3.8, 4) is 0 Å². The van der Waals surface area contributed by atoms with Crippen LogP contribution in [0.25, 0.3) is 11.0 Å². The summed E-state index contributed by atoms with van der Waals surface area (Å²) < 4.78 is 2.17. The lowest BCUT2D eigenvalue weighted by Crippen LogP contribution is -2.09. The number of hydrogen-bond acceptors (Lipinski definition) is 2. The van der Waals surface area contributed by atoms with Crippen molar-refractivity contribution < 1.29 is 0 Å². The summed E-state index contributed by atoms with van der Waals surface area (Å²) in [4.78, 5) is 4.38. The molecule has 0 unspecified atom stereocenters. The van der Waals surface area contributed by atoms with Crippen LogP contribution in [-0.2, 0) is 6.54 Å². The summed E-state index contributed by atoms with van der Waals surface area (Å²) in [6.07, 6.45) is 1.90. The molecule has 0 radical (unpaired) electrons. The zero-order valence-electron chi connectivity index (χ0n) is 10.1. The summed E-state index contributed by atoms with van der Waals surface area (Å²) in [6.45, 7) is 1.81. The molecule has 3 rings (SSSR count). The Morgan fingerprint density at radius 1 is 0.944 bits per heavy atom. The molecule has 1 aromatic heterocycles. The SMILES string of the molecule is c1ccc(NCCn2cnc3ccccc32)cc1. The molecule has 0 aliphatic heterocycles. The third-order valence-electron chi connectivity index (χ3n) is 2.98. The molecular formula is C15H15N3. The monoisotopic (exact) mass is 237 g/mol. The Labute approximate surface area is 106 Å². The molecule has 1 heterocycles. The van der Waals surface area contributed by atoms with Crippen LogP contribution in [0.4, 0.5) is 5.69 Å². The largest absolute Gasteiger partial charge is 0.383 e. The van der Waals surface area contributed by atoms with E-state index in [0.29, 0.717) is 0 Å². The second-order valence-corrected chi connectivity index (χ2v) is 4.22. The average molecular weight is 237 g/mol. The fraction of sp³-hybridized carbons (Fsp3) is 0.133. The number of imidazole rings is 1. The second kappa shape index (κ2) is 4.92. The maximum absolute atomic E-state index is 4.38. The molecule has 0 saturated carbocycles. The van der Waals surface area contributed by atoms with Crippen LogP contribution in [0.1, 0.15) is 0 Å². The van der Waals surface area contributed by atoms with Gasteiger partial charge in [-0.3, -0.25) is 0 Å². The van der Waals surface area contributed by atoms with Gasteiger partial charge in [-0.25, -0.2) is 4.98 Å². The van der Waals surface area contributed by atoms with E-state index in [4.69, 9.17) is 0 Å². The van der Waals surface area contributed by atoms with Crippen LogP contribution in [0.15, 0.2) is 60.9 Å². The Balaban J connectivity index is 1.67. The average Bonchev–Trinajstić information content (AvgIpc) is 2.84. The van der Waals surface area contributed by atoms with E-state index >= 15 is 0 Å². The first-order valence-corrected chi connectivity index (χ1v) is 6.12. The molecule has 90 valence electrons. The van der Waals surface area contributed by atoms with Crippen molar-refractivity contribution in [3.05, 3.63) is 60.9 Å². The van der Waals surface area contributed by atoms with Crippen molar-refractivity contribution in [2.45, 2.75) is 6.54 Å². The molecule has 0 spiro atoms. The third kappa shape index (κ3) is 2.20. The van der Waals surface area contributed by atoms with Gasteiger partial charge < -0.3 is 9.88 Å². The summed E-state index contributed by atoms with van der Waals surface area (Å²) >= 11 is 0. The number of hydrogen-bond donors (Lipinski definition) is 1. The zero-order valence-corrected chi connectivity index (χ0v) is 10.1. The first kappa shape index (κ1) is 10.8. The van der Waals surface area contributed by atoms with E-state index < -0.39 is 0 Å². The van der Waals surface area contributed by atoms with E-state index in [1.807, 2.05) is 42.7 Å². The number of para-hydroxylation sites is 3. The summed E-state index contributed by atoms with van der Waals surface area (Å²) in [6, 6.07) is 18.4. The van der Waals surface area contributed by atoms with Gasteiger partial charge in [0.25, 0.3) is 0 Å². The van der Waals surface area contributed by atoms with Gasteiger partial charge in [0, 0.05) is 18.8 Å². The third-order valence-corrected chi connectivity index (χ3v) is 2.98. The summed E-state index contributed by atoms with van der Waals surface area (Å²) in [5, 5.41) is 3.40. The molecule has 0 aliphatic rings. The lowest BCUT2D eigenvalue weighted by atomic mass is 10.3. The van der Waals surface area contributed by atoms with Crippen molar-refractivity contribution in [1.82, 2.24) is 9.55 Å². The molecule has 3 nitrogen and oxygen atoms in total. The highest BCUT2D eigenvalue weighted by Gasteiger charge is 2.00. The summed E-state index contributed by atoms with van der Waals surface area (Å²) in [5.74, 6) is 0.